The Labute approximate surface area is 89.3 Å². The van der Waals surface area contributed by atoms with Gasteiger partial charge >= 0.3 is 0 Å². The van der Waals surface area contributed by atoms with Crippen molar-refractivity contribution in [3.05, 3.63) is 22.4 Å². The molecule has 1 aromatic rings. The number of hydrogen-bond donors (Lipinski definition) is 1. The number of amides is 1. The first-order valence-electron chi connectivity index (χ1n) is 4.92. The van der Waals surface area contributed by atoms with E-state index in [0.717, 1.165) is 0 Å². The summed E-state index contributed by atoms with van der Waals surface area (Å²) in [5, 5.41) is 4.95. The van der Waals surface area contributed by atoms with Gasteiger partial charge < -0.3 is 5.32 Å². The van der Waals surface area contributed by atoms with Crippen LogP contribution < -0.4 is 5.32 Å². The van der Waals surface area contributed by atoms with Crippen LogP contribution in [-0.2, 0) is 4.79 Å². The van der Waals surface area contributed by atoms with Crippen molar-refractivity contribution in [1.29, 1.82) is 0 Å². The van der Waals surface area contributed by atoms with Crippen LogP contribution in [0.25, 0.3) is 0 Å². The minimum Gasteiger partial charge on any atom is -0.354 e. The molecule has 0 aromatic carbocycles. The Bertz CT molecular complexity index is 279. The van der Waals surface area contributed by atoms with Crippen LogP contribution in [0.5, 0.6) is 0 Å². The van der Waals surface area contributed by atoms with E-state index in [9.17, 15) is 4.79 Å². The van der Waals surface area contributed by atoms with Crippen molar-refractivity contribution < 1.29 is 4.79 Å². The van der Waals surface area contributed by atoms with E-state index < -0.39 is 0 Å². The molecule has 14 heavy (non-hydrogen) atoms. The van der Waals surface area contributed by atoms with Crippen LogP contribution in [0.3, 0.4) is 0 Å². The number of hydrogen-bond acceptors (Lipinski definition) is 2. The van der Waals surface area contributed by atoms with Crippen LogP contribution in [0, 0.1) is 0 Å². The number of carbonyl (C=O) groups excluding carboxylic acids is 1. The fourth-order valence-corrected chi connectivity index (χ4v) is 2.12. The Kier molecular flexibility index (Phi) is 4.14. The standard InChI is InChI=1S/C11H17NOS/c1-8(2)12-11(13)7-9(3)10-5-4-6-14-10/h4-6,8-9H,7H2,1-3H3,(H,12,13). The fraction of sp³-hybridized carbons (Fsp3) is 0.545. The Morgan fingerprint density at radius 2 is 2.21 bits per heavy atom. The van der Waals surface area contributed by atoms with E-state index in [-0.39, 0.29) is 11.9 Å². The third-order valence-corrected chi connectivity index (χ3v) is 3.07. The molecule has 78 valence electrons. The van der Waals surface area contributed by atoms with Crippen LogP contribution in [0.2, 0.25) is 0 Å². The van der Waals surface area contributed by atoms with E-state index in [4.69, 9.17) is 0 Å². The lowest BCUT2D eigenvalue weighted by atomic mass is 10.1. The van der Waals surface area contributed by atoms with Gasteiger partial charge in [-0.15, -0.1) is 11.3 Å². The topological polar surface area (TPSA) is 29.1 Å². The molecule has 1 N–H and O–H groups in total. The van der Waals surface area contributed by atoms with Crippen LogP contribution in [0.1, 0.15) is 38.0 Å². The Morgan fingerprint density at radius 1 is 1.50 bits per heavy atom. The molecule has 0 fully saturated rings. The molecule has 0 aliphatic rings. The van der Waals surface area contributed by atoms with Gasteiger partial charge in [-0.25, -0.2) is 0 Å². The van der Waals surface area contributed by atoms with Gasteiger partial charge in [-0.05, 0) is 31.2 Å². The second-order valence-electron chi connectivity index (χ2n) is 3.84. The first-order valence-corrected chi connectivity index (χ1v) is 5.80. The number of carbonyl (C=O) groups is 1. The third-order valence-electron chi connectivity index (χ3n) is 1.97. The molecule has 0 aliphatic carbocycles. The second-order valence-corrected chi connectivity index (χ2v) is 4.82. The maximum atomic E-state index is 11.5. The van der Waals surface area contributed by atoms with Gasteiger partial charge in [0.2, 0.25) is 5.91 Å². The molecule has 0 spiro atoms. The molecule has 0 saturated heterocycles. The van der Waals surface area contributed by atoms with Crippen LogP contribution in [-0.4, -0.2) is 11.9 Å². The molecular formula is C11H17NOS. The largest absolute Gasteiger partial charge is 0.354 e. The molecule has 1 amide bonds. The van der Waals surface area contributed by atoms with E-state index in [1.165, 1.54) is 4.88 Å². The van der Waals surface area contributed by atoms with Gasteiger partial charge in [0.1, 0.15) is 0 Å². The molecule has 1 aromatic heterocycles. The summed E-state index contributed by atoms with van der Waals surface area (Å²) in [5.41, 5.74) is 0. The van der Waals surface area contributed by atoms with E-state index in [1.807, 2.05) is 25.3 Å². The molecule has 1 heterocycles. The average molecular weight is 211 g/mol. The van der Waals surface area contributed by atoms with Gasteiger partial charge in [-0.1, -0.05) is 13.0 Å². The Balaban J connectivity index is 2.41. The molecule has 1 atom stereocenters. The summed E-state index contributed by atoms with van der Waals surface area (Å²) in [5.74, 6) is 0.467. The lowest BCUT2D eigenvalue weighted by Crippen LogP contribution is -2.30. The maximum Gasteiger partial charge on any atom is 0.220 e. The molecule has 3 heteroatoms. The lowest BCUT2D eigenvalue weighted by Gasteiger charge is -2.11. The highest BCUT2D eigenvalue weighted by Gasteiger charge is 2.12. The summed E-state index contributed by atoms with van der Waals surface area (Å²) in [6.07, 6.45) is 0.582. The van der Waals surface area contributed by atoms with Crippen molar-refractivity contribution in [3.63, 3.8) is 0 Å². The van der Waals surface area contributed by atoms with Crippen molar-refractivity contribution in [2.45, 2.75) is 39.2 Å². The predicted molar refractivity (Wildman–Crippen MR) is 60.6 cm³/mol. The number of rotatable bonds is 4. The highest BCUT2D eigenvalue weighted by Crippen LogP contribution is 2.23. The molecule has 0 radical (unpaired) electrons. The normalized spacial score (nSPS) is 12.9. The van der Waals surface area contributed by atoms with E-state index in [1.54, 1.807) is 11.3 Å². The molecule has 2 nitrogen and oxygen atoms in total. The van der Waals surface area contributed by atoms with Crippen molar-refractivity contribution in [2.75, 3.05) is 0 Å². The number of thiophene rings is 1. The highest BCUT2D eigenvalue weighted by atomic mass is 32.1. The van der Waals surface area contributed by atoms with Gasteiger partial charge in [0.05, 0.1) is 0 Å². The van der Waals surface area contributed by atoms with Gasteiger partial charge in [0.25, 0.3) is 0 Å². The Hall–Kier alpha value is -0.830. The highest BCUT2D eigenvalue weighted by molar-refractivity contribution is 7.10. The fourth-order valence-electron chi connectivity index (χ4n) is 1.33. The van der Waals surface area contributed by atoms with Crippen LogP contribution >= 0.6 is 11.3 Å². The summed E-state index contributed by atoms with van der Waals surface area (Å²) >= 11 is 1.71. The SMILES string of the molecule is CC(C)NC(=O)CC(C)c1cccs1. The zero-order valence-electron chi connectivity index (χ0n) is 8.91. The summed E-state index contributed by atoms with van der Waals surface area (Å²) < 4.78 is 0. The molecule has 0 aliphatic heterocycles. The van der Waals surface area contributed by atoms with Gasteiger partial charge in [0.15, 0.2) is 0 Å². The maximum absolute atomic E-state index is 11.5. The van der Waals surface area contributed by atoms with Crippen molar-refractivity contribution in [1.82, 2.24) is 5.32 Å². The molecular weight excluding hydrogens is 194 g/mol. The lowest BCUT2D eigenvalue weighted by molar-refractivity contribution is -0.121. The average Bonchev–Trinajstić information content (AvgIpc) is 2.53. The van der Waals surface area contributed by atoms with Crippen molar-refractivity contribution >= 4 is 17.2 Å². The van der Waals surface area contributed by atoms with E-state index >= 15 is 0 Å². The first kappa shape index (κ1) is 11.2. The van der Waals surface area contributed by atoms with E-state index in [2.05, 4.69) is 18.3 Å². The van der Waals surface area contributed by atoms with Gasteiger partial charge in [-0.2, -0.15) is 0 Å². The van der Waals surface area contributed by atoms with Crippen LogP contribution in [0.4, 0.5) is 0 Å². The third kappa shape index (κ3) is 3.50. The number of nitrogens with one attached hydrogen (secondary N) is 1. The molecule has 1 unspecified atom stereocenters. The summed E-state index contributed by atoms with van der Waals surface area (Å²) in [6.45, 7) is 6.05. The van der Waals surface area contributed by atoms with Crippen molar-refractivity contribution in [2.24, 2.45) is 0 Å². The van der Waals surface area contributed by atoms with Crippen LogP contribution in [0.15, 0.2) is 17.5 Å². The first-order chi connectivity index (χ1) is 6.59. The van der Waals surface area contributed by atoms with E-state index in [0.29, 0.717) is 12.3 Å². The summed E-state index contributed by atoms with van der Waals surface area (Å²) in [6, 6.07) is 4.34. The summed E-state index contributed by atoms with van der Waals surface area (Å²) in [4.78, 5) is 12.7. The van der Waals surface area contributed by atoms with Gasteiger partial charge in [0, 0.05) is 17.3 Å². The second kappa shape index (κ2) is 5.15. The minimum absolute atomic E-state index is 0.140. The zero-order valence-corrected chi connectivity index (χ0v) is 9.73. The quantitative estimate of drug-likeness (QED) is 0.815. The predicted octanol–water partition coefficient (Wildman–Crippen LogP) is 2.77. The molecule has 0 bridgehead atoms. The van der Waals surface area contributed by atoms with Crippen molar-refractivity contribution in [3.8, 4) is 0 Å². The Morgan fingerprint density at radius 3 is 2.71 bits per heavy atom. The minimum atomic E-state index is 0.140. The molecule has 1 rings (SSSR count). The summed E-state index contributed by atoms with van der Waals surface area (Å²) in [7, 11) is 0. The zero-order chi connectivity index (χ0) is 10.6. The molecule has 0 saturated carbocycles. The smallest absolute Gasteiger partial charge is 0.220 e. The van der Waals surface area contributed by atoms with Gasteiger partial charge in [-0.3, -0.25) is 4.79 Å². The monoisotopic (exact) mass is 211 g/mol.